The van der Waals surface area contributed by atoms with E-state index in [1.165, 1.54) is 41.7 Å². The van der Waals surface area contributed by atoms with Crippen LogP contribution in [0.25, 0.3) is 0 Å². The molecule has 102 valence electrons. The number of thioether (sulfide) groups is 1. The van der Waals surface area contributed by atoms with Crippen molar-refractivity contribution in [3.63, 3.8) is 0 Å². The minimum Gasteiger partial charge on any atom is -0.389 e. The van der Waals surface area contributed by atoms with Crippen LogP contribution in [0, 0.1) is 6.92 Å². The molecule has 0 radical (unpaired) electrons. The van der Waals surface area contributed by atoms with E-state index in [1.807, 2.05) is 11.8 Å². The number of aryl methyl sites for hydroxylation is 1. The lowest BCUT2D eigenvalue weighted by Gasteiger charge is -2.19. The smallest absolute Gasteiger partial charge is 0.143 e. The van der Waals surface area contributed by atoms with E-state index >= 15 is 0 Å². The van der Waals surface area contributed by atoms with Gasteiger partial charge in [-0.3, -0.25) is 0 Å². The van der Waals surface area contributed by atoms with Crippen LogP contribution in [0.3, 0.4) is 0 Å². The molecule has 0 atom stereocenters. The molecule has 1 aromatic carbocycles. The highest BCUT2D eigenvalue weighted by Crippen LogP contribution is 2.41. The van der Waals surface area contributed by atoms with E-state index in [2.05, 4.69) is 37.2 Å². The van der Waals surface area contributed by atoms with Gasteiger partial charge >= 0.3 is 0 Å². The molecule has 0 bridgehead atoms. The fraction of sp³-hybridized carbons (Fsp3) is 0.562. The molecule has 0 N–H and O–H groups in total. The molecule has 1 spiro atoms. The molecule has 2 nitrogen and oxygen atoms in total. The highest BCUT2D eigenvalue weighted by atomic mass is 32.2. The van der Waals surface area contributed by atoms with Crippen LogP contribution in [0.2, 0.25) is 0 Å². The molecule has 1 aromatic rings. The second-order valence-corrected chi connectivity index (χ2v) is 6.92. The van der Waals surface area contributed by atoms with Crippen molar-refractivity contribution in [3.8, 4) is 0 Å². The Morgan fingerprint density at radius 1 is 1.32 bits per heavy atom. The van der Waals surface area contributed by atoms with Crippen LogP contribution in [0.4, 0.5) is 0 Å². The Kier molecular flexibility index (Phi) is 3.57. The van der Waals surface area contributed by atoms with Crippen LogP contribution in [0.5, 0.6) is 0 Å². The van der Waals surface area contributed by atoms with Gasteiger partial charge in [0.05, 0.1) is 5.71 Å². The molecule has 0 unspecified atom stereocenters. The van der Waals surface area contributed by atoms with Crippen LogP contribution in [-0.2, 0) is 4.84 Å². The van der Waals surface area contributed by atoms with Crippen LogP contribution < -0.4 is 0 Å². The predicted molar refractivity (Wildman–Crippen MR) is 81.0 cm³/mol. The maximum Gasteiger partial charge on any atom is 0.143 e. The number of oxime groups is 1. The van der Waals surface area contributed by atoms with Crippen LogP contribution in [-0.4, -0.2) is 17.1 Å². The average molecular weight is 275 g/mol. The van der Waals surface area contributed by atoms with E-state index in [4.69, 9.17) is 4.84 Å². The summed E-state index contributed by atoms with van der Waals surface area (Å²) in [5, 5.41) is 4.38. The second-order valence-electron chi connectivity index (χ2n) is 5.61. The number of hydrogen-bond donors (Lipinski definition) is 0. The molecule has 19 heavy (non-hydrogen) atoms. The molecule has 3 rings (SSSR count). The lowest BCUT2D eigenvalue weighted by Crippen LogP contribution is -2.24. The van der Waals surface area contributed by atoms with Gasteiger partial charge in [-0.1, -0.05) is 24.2 Å². The molecule has 0 aromatic heterocycles. The van der Waals surface area contributed by atoms with Gasteiger partial charge in [-0.2, -0.15) is 0 Å². The fourth-order valence-electron chi connectivity index (χ4n) is 3.05. The molecule has 1 fully saturated rings. The molecule has 1 saturated carbocycles. The molecular weight excluding hydrogens is 254 g/mol. The fourth-order valence-corrected chi connectivity index (χ4v) is 3.87. The molecule has 1 heterocycles. The summed E-state index contributed by atoms with van der Waals surface area (Å²) < 4.78 is 0. The largest absolute Gasteiger partial charge is 0.389 e. The third-order valence-electron chi connectivity index (χ3n) is 4.18. The zero-order valence-corrected chi connectivity index (χ0v) is 12.6. The quantitative estimate of drug-likeness (QED) is 0.755. The average Bonchev–Trinajstić information content (AvgIpc) is 3.04. The first-order valence-corrected chi connectivity index (χ1v) is 8.20. The lowest BCUT2D eigenvalue weighted by molar-refractivity contribution is -0.0126. The Bertz CT molecular complexity index is 503. The predicted octanol–water partition coefficient (Wildman–Crippen LogP) is 4.54. The van der Waals surface area contributed by atoms with Crippen molar-refractivity contribution in [2.24, 2.45) is 5.16 Å². The Morgan fingerprint density at radius 2 is 2.11 bits per heavy atom. The summed E-state index contributed by atoms with van der Waals surface area (Å²) in [5.74, 6) is 1.11. The Morgan fingerprint density at radius 3 is 2.84 bits per heavy atom. The van der Waals surface area contributed by atoms with Gasteiger partial charge in [-0.25, -0.2) is 0 Å². The topological polar surface area (TPSA) is 21.6 Å². The summed E-state index contributed by atoms with van der Waals surface area (Å²) in [6.45, 7) is 4.37. The van der Waals surface area contributed by atoms with Gasteiger partial charge in [0.15, 0.2) is 0 Å². The van der Waals surface area contributed by atoms with E-state index in [1.54, 1.807) is 0 Å². The number of nitrogens with zero attached hydrogens (tertiary/aromatic N) is 1. The molecule has 2 aliphatic rings. The second kappa shape index (κ2) is 5.20. The van der Waals surface area contributed by atoms with Gasteiger partial charge in [-0.05, 0) is 50.0 Å². The highest BCUT2D eigenvalue weighted by Gasteiger charge is 2.41. The van der Waals surface area contributed by atoms with Crippen molar-refractivity contribution < 1.29 is 4.84 Å². The number of benzene rings is 1. The molecule has 3 heteroatoms. The zero-order valence-electron chi connectivity index (χ0n) is 11.7. The molecule has 1 aliphatic carbocycles. The van der Waals surface area contributed by atoms with E-state index < -0.39 is 0 Å². The Labute approximate surface area is 119 Å². The maximum absolute atomic E-state index is 5.78. The van der Waals surface area contributed by atoms with Crippen LogP contribution in [0.1, 0.15) is 50.2 Å². The third kappa shape index (κ3) is 2.53. The molecule has 0 amide bonds. The summed E-state index contributed by atoms with van der Waals surface area (Å²) in [7, 11) is 0. The standard InChI is InChI=1S/C16H21NOS/c1-3-19-15-10-13(7-6-12(15)2)14-11-16(18-17-14)8-4-5-9-16/h6-7,10H,3-5,8-9,11H2,1-2H3. The minimum absolute atomic E-state index is 0.0400. The summed E-state index contributed by atoms with van der Waals surface area (Å²) in [6, 6.07) is 6.67. The maximum atomic E-state index is 5.78. The first-order valence-electron chi connectivity index (χ1n) is 7.21. The van der Waals surface area contributed by atoms with Gasteiger partial charge in [0.2, 0.25) is 0 Å². The van der Waals surface area contributed by atoms with Gasteiger partial charge < -0.3 is 4.84 Å². The van der Waals surface area contributed by atoms with E-state index in [0.717, 1.165) is 17.9 Å². The first-order chi connectivity index (χ1) is 9.22. The van der Waals surface area contributed by atoms with E-state index in [-0.39, 0.29) is 5.60 Å². The van der Waals surface area contributed by atoms with Crippen LogP contribution >= 0.6 is 11.8 Å². The first kappa shape index (κ1) is 13.0. The van der Waals surface area contributed by atoms with Crippen molar-refractivity contribution in [2.75, 3.05) is 5.75 Å². The molecular formula is C16H21NOS. The van der Waals surface area contributed by atoms with Crippen molar-refractivity contribution in [1.82, 2.24) is 0 Å². The van der Waals surface area contributed by atoms with Crippen molar-refractivity contribution in [3.05, 3.63) is 29.3 Å². The monoisotopic (exact) mass is 275 g/mol. The van der Waals surface area contributed by atoms with E-state index in [0.29, 0.717) is 0 Å². The molecule has 0 saturated heterocycles. The summed E-state index contributed by atoms with van der Waals surface area (Å²) in [4.78, 5) is 7.15. The zero-order chi connectivity index (χ0) is 13.3. The summed E-state index contributed by atoms with van der Waals surface area (Å²) >= 11 is 1.90. The van der Waals surface area contributed by atoms with Crippen molar-refractivity contribution in [2.45, 2.75) is 56.4 Å². The van der Waals surface area contributed by atoms with Gasteiger partial charge in [0.25, 0.3) is 0 Å². The lowest BCUT2D eigenvalue weighted by atomic mass is 9.92. The molecule has 1 aliphatic heterocycles. The third-order valence-corrected chi connectivity index (χ3v) is 5.21. The Balaban J connectivity index is 1.81. The number of hydrogen-bond acceptors (Lipinski definition) is 3. The summed E-state index contributed by atoms with van der Waals surface area (Å²) in [6.07, 6.45) is 5.90. The summed E-state index contributed by atoms with van der Waals surface area (Å²) in [5.41, 5.74) is 3.77. The number of rotatable bonds is 3. The Hall–Kier alpha value is -0.960. The normalized spacial score (nSPS) is 20.6. The highest BCUT2D eigenvalue weighted by molar-refractivity contribution is 7.99. The van der Waals surface area contributed by atoms with Gasteiger partial charge in [-0.15, -0.1) is 11.8 Å². The SMILES string of the molecule is CCSc1cc(C2=NOC3(CCCC3)C2)ccc1C. The van der Waals surface area contributed by atoms with Crippen molar-refractivity contribution in [1.29, 1.82) is 0 Å². The van der Waals surface area contributed by atoms with Gasteiger partial charge in [0.1, 0.15) is 5.60 Å². The van der Waals surface area contributed by atoms with Gasteiger partial charge in [0, 0.05) is 16.9 Å². The van der Waals surface area contributed by atoms with Crippen molar-refractivity contribution >= 4 is 17.5 Å². The van der Waals surface area contributed by atoms with Crippen LogP contribution in [0.15, 0.2) is 28.3 Å². The van der Waals surface area contributed by atoms with E-state index in [9.17, 15) is 0 Å². The minimum atomic E-state index is 0.0400.